The summed E-state index contributed by atoms with van der Waals surface area (Å²) in [5.41, 5.74) is 8.75. The number of hydrogen-bond donors (Lipinski definition) is 3. The average molecular weight is 811 g/mol. The van der Waals surface area contributed by atoms with Crippen molar-refractivity contribution in [2.24, 2.45) is 7.05 Å². The molecular weight excluding hydrogens is 773 g/mol. The summed E-state index contributed by atoms with van der Waals surface area (Å²) in [6.07, 6.45) is -0.791. The van der Waals surface area contributed by atoms with E-state index < -0.39 is 59.2 Å². The van der Waals surface area contributed by atoms with Crippen LogP contribution in [0, 0.1) is 0 Å². The van der Waals surface area contributed by atoms with Crippen LogP contribution >= 0.6 is 23.5 Å². The minimum atomic E-state index is -1.38. The summed E-state index contributed by atoms with van der Waals surface area (Å²) in [7, 11) is 1.69. The lowest BCUT2D eigenvalue weighted by Gasteiger charge is -2.50. The van der Waals surface area contributed by atoms with Gasteiger partial charge >= 0.3 is 23.8 Å². The highest BCUT2D eigenvalue weighted by Gasteiger charge is 2.55. The van der Waals surface area contributed by atoms with Crippen LogP contribution in [-0.4, -0.2) is 113 Å². The Morgan fingerprint density at radius 1 is 0.930 bits per heavy atom. The van der Waals surface area contributed by atoms with Crippen molar-refractivity contribution >= 4 is 64.8 Å². The summed E-state index contributed by atoms with van der Waals surface area (Å²) >= 11 is 2.65. The molecule has 4 N–H and O–H groups in total. The van der Waals surface area contributed by atoms with Crippen molar-refractivity contribution < 1.29 is 33.5 Å². The number of benzene rings is 3. The van der Waals surface area contributed by atoms with Crippen molar-refractivity contribution in [3.05, 3.63) is 113 Å². The number of aryl methyl sites for hydroxylation is 1. The van der Waals surface area contributed by atoms with E-state index in [1.54, 1.807) is 26.1 Å². The van der Waals surface area contributed by atoms with E-state index in [-0.39, 0.29) is 24.5 Å². The summed E-state index contributed by atoms with van der Waals surface area (Å²) in [6, 6.07) is 21.3. The number of ether oxygens (including phenoxy) is 1. The third kappa shape index (κ3) is 8.06. The molecule has 6 amide bonds. The molecular formula is C38H38N10O7S2. The maximum Gasteiger partial charge on any atom is 0.356 e. The summed E-state index contributed by atoms with van der Waals surface area (Å²) in [5, 5.41) is 16.7. The molecule has 0 spiro atoms. The van der Waals surface area contributed by atoms with Crippen LogP contribution in [0.5, 0.6) is 0 Å². The molecule has 0 radical (unpaired) electrons. The largest absolute Gasteiger partial charge is 0.448 e. The lowest BCUT2D eigenvalue weighted by Crippen LogP contribution is -2.71. The fourth-order valence-electron chi connectivity index (χ4n) is 6.62. The van der Waals surface area contributed by atoms with Gasteiger partial charge in [0.15, 0.2) is 6.10 Å². The number of rotatable bonds is 12. The minimum absolute atomic E-state index is 0.0616. The van der Waals surface area contributed by atoms with Crippen molar-refractivity contribution in [1.29, 1.82) is 0 Å². The Morgan fingerprint density at radius 3 is 2.21 bits per heavy atom. The molecule has 0 unspecified atom stereocenters. The molecule has 4 aromatic rings. The number of urea groups is 1. The van der Waals surface area contributed by atoms with E-state index in [0.717, 1.165) is 16.0 Å². The Hall–Kier alpha value is -6.21. The summed E-state index contributed by atoms with van der Waals surface area (Å²) in [6.45, 7) is 2.10. The van der Waals surface area contributed by atoms with Crippen LogP contribution in [0.4, 0.5) is 10.5 Å². The van der Waals surface area contributed by atoms with Gasteiger partial charge < -0.3 is 26.0 Å². The molecule has 3 atom stereocenters. The summed E-state index contributed by atoms with van der Waals surface area (Å²) in [4.78, 5) is 84.8. The third-order valence-electron chi connectivity index (χ3n) is 9.66. The summed E-state index contributed by atoms with van der Waals surface area (Å²) in [5.74, 6) is -3.31. The van der Waals surface area contributed by atoms with Crippen molar-refractivity contribution in [1.82, 2.24) is 45.5 Å². The highest BCUT2D eigenvalue weighted by molar-refractivity contribution is 8.01. The van der Waals surface area contributed by atoms with Crippen LogP contribution in [0.3, 0.4) is 0 Å². The molecule has 2 saturated heterocycles. The Balaban J connectivity index is 1.14. The van der Waals surface area contributed by atoms with Crippen LogP contribution in [0.25, 0.3) is 0 Å². The van der Waals surface area contributed by atoms with E-state index in [9.17, 15) is 28.8 Å². The van der Waals surface area contributed by atoms with E-state index in [0.29, 0.717) is 34.3 Å². The van der Waals surface area contributed by atoms with Gasteiger partial charge in [-0.15, -0.1) is 16.9 Å². The first-order chi connectivity index (χ1) is 27.5. The Labute approximate surface area is 335 Å². The molecule has 1 aromatic heterocycles. The van der Waals surface area contributed by atoms with Gasteiger partial charge in [0.1, 0.15) is 23.2 Å². The van der Waals surface area contributed by atoms with E-state index in [4.69, 9.17) is 10.5 Å². The number of piperazine rings is 1. The van der Waals surface area contributed by atoms with Crippen LogP contribution in [-0.2, 0) is 35.8 Å². The fourth-order valence-corrected chi connectivity index (χ4v) is 8.96. The predicted molar refractivity (Wildman–Crippen MR) is 208 cm³/mol. The molecule has 7 rings (SSSR count). The molecule has 0 saturated carbocycles. The first kappa shape index (κ1) is 39.0. The van der Waals surface area contributed by atoms with E-state index in [2.05, 4.69) is 26.2 Å². The molecule has 19 heteroatoms. The smallest absolute Gasteiger partial charge is 0.356 e. The van der Waals surface area contributed by atoms with Crippen LogP contribution in [0.15, 0.2) is 101 Å². The number of carbonyl (C=O) groups is 6. The normalized spacial score (nSPS) is 18.6. The zero-order valence-corrected chi connectivity index (χ0v) is 32.4. The van der Waals surface area contributed by atoms with Gasteiger partial charge in [0, 0.05) is 43.9 Å². The van der Waals surface area contributed by atoms with Crippen molar-refractivity contribution in [2.75, 3.05) is 36.9 Å². The average Bonchev–Trinajstić information content (AvgIpc) is 3.65. The topological polar surface area (TPSA) is 215 Å². The molecule has 2 fully saturated rings. The first-order valence-corrected chi connectivity index (χ1v) is 20.0. The lowest BCUT2D eigenvalue weighted by atomic mass is 10.00. The Kier molecular flexibility index (Phi) is 11.6. The second kappa shape index (κ2) is 16.9. The van der Waals surface area contributed by atoms with Gasteiger partial charge in [0.05, 0.1) is 0 Å². The number of imide groups is 1. The quantitative estimate of drug-likeness (QED) is 0.0615. The summed E-state index contributed by atoms with van der Waals surface area (Å²) < 4.78 is 7.75. The minimum Gasteiger partial charge on any atom is -0.448 e. The van der Waals surface area contributed by atoms with Gasteiger partial charge in [0.25, 0.3) is 5.91 Å². The van der Waals surface area contributed by atoms with E-state index in [1.165, 1.54) is 50.1 Å². The number of tetrazole rings is 1. The molecule has 0 bridgehead atoms. The maximum atomic E-state index is 14.4. The lowest BCUT2D eigenvalue weighted by molar-refractivity contribution is -0.155. The number of thioether (sulfide) groups is 2. The number of nitrogen functional groups attached to an aromatic ring is 1. The standard InChI is InChI=1S/C38H38N10O7S2/c1-3-46-18-19-47(34(52)33(46)51)37(54)41-27(22-14-16-26(39)17-15-22)31(49)40-28-32(50)48-29(25(20-56-35(28)48)21-57-38-42-43-44-45(38)2)36(53)55-30(23-10-6-4-7-11-23)24-12-8-5-9-13-24/h4-17,27-28,30,35H,3,18-21,39H2,1-2H3,(H,40,49)(H,41,54)/t27-,28+,35+/m0/s1. The number of hydrogen-bond acceptors (Lipinski definition) is 13. The number of esters is 1. The molecule has 0 aliphatic carbocycles. The maximum absolute atomic E-state index is 14.4. The molecule has 3 aromatic carbocycles. The monoisotopic (exact) mass is 810 g/mol. The number of carbonyl (C=O) groups excluding carboxylic acids is 6. The second-order valence-corrected chi connectivity index (χ2v) is 15.3. The van der Waals surface area contributed by atoms with E-state index in [1.807, 2.05) is 60.7 Å². The SMILES string of the molecule is CCN1CCN(C(=O)N[C@H](C(=O)N[C@@H]2C(=O)N3C(C(=O)OC(c4ccccc4)c4ccccc4)=C(CSc4nnnn4C)CS[C@H]23)c2ccc(N)cc2)C(=O)C1=O. The highest BCUT2D eigenvalue weighted by atomic mass is 32.2. The number of fused-ring (bicyclic) bond motifs is 1. The number of nitrogens with zero attached hydrogens (tertiary/aromatic N) is 7. The number of nitrogens with two attached hydrogens (primary N) is 1. The van der Waals surface area contributed by atoms with Crippen LogP contribution < -0.4 is 16.4 Å². The number of likely N-dealkylation sites (N-methyl/N-ethyl adjacent to an activating group) is 1. The zero-order valence-electron chi connectivity index (χ0n) is 30.8. The zero-order chi connectivity index (χ0) is 40.2. The van der Waals surface area contributed by atoms with Gasteiger partial charge in [-0.25, -0.2) is 14.3 Å². The number of β-lactam (4-membered cyclic amide) rings is 1. The van der Waals surface area contributed by atoms with Gasteiger partial charge in [-0.1, -0.05) is 84.6 Å². The number of aromatic nitrogens is 4. The molecule has 17 nitrogen and oxygen atoms in total. The van der Waals surface area contributed by atoms with Gasteiger partial charge in [-0.3, -0.25) is 29.0 Å². The highest BCUT2D eigenvalue weighted by Crippen LogP contribution is 2.43. The predicted octanol–water partition coefficient (Wildman–Crippen LogP) is 2.01. The molecule has 57 heavy (non-hydrogen) atoms. The number of anilines is 1. The van der Waals surface area contributed by atoms with Crippen LogP contribution in [0.2, 0.25) is 0 Å². The molecule has 3 aliphatic rings. The number of amides is 6. The van der Waals surface area contributed by atoms with Crippen LogP contribution in [0.1, 0.15) is 35.8 Å². The van der Waals surface area contributed by atoms with Crippen molar-refractivity contribution in [3.8, 4) is 0 Å². The van der Waals surface area contributed by atoms with Gasteiger partial charge in [-0.2, -0.15) is 0 Å². The van der Waals surface area contributed by atoms with E-state index >= 15 is 0 Å². The molecule has 294 valence electrons. The third-order valence-corrected chi connectivity index (χ3v) is 12.1. The fraction of sp³-hybridized carbons (Fsp3) is 0.289. The number of nitrogens with one attached hydrogen (secondary N) is 2. The Bertz CT molecular complexity index is 2180. The Morgan fingerprint density at radius 2 is 1.60 bits per heavy atom. The first-order valence-electron chi connectivity index (χ1n) is 18.0. The molecule has 4 heterocycles. The van der Waals surface area contributed by atoms with Crippen molar-refractivity contribution in [3.63, 3.8) is 0 Å². The van der Waals surface area contributed by atoms with Gasteiger partial charge in [-0.05, 0) is 51.7 Å². The second-order valence-electron chi connectivity index (χ2n) is 13.2. The van der Waals surface area contributed by atoms with Gasteiger partial charge in [0.2, 0.25) is 11.1 Å². The van der Waals surface area contributed by atoms with Crippen molar-refractivity contribution in [2.45, 2.75) is 35.6 Å². The molecule has 3 aliphatic heterocycles.